The van der Waals surface area contributed by atoms with Crippen molar-refractivity contribution in [1.82, 2.24) is 0 Å². The molecule has 1 atom stereocenters. The van der Waals surface area contributed by atoms with Crippen molar-refractivity contribution in [3.63, 3.8) is 0 Å². The Morgan fingerprint density at radius 2 is 1.39 bits per heavy atom. The number of benzene rings is 4. The molecular formula is C35H31Cl2Zr. The average molecular weight is 614 g/mol. The molecule has 38 heavy (non-hydrogen) atoms. The maximum absolute atomic E-state index is 2.55. The molecule has 0 nitrogen and oxygen atoms in total. The van der Waals surface area contributed by atoms with Crippen LogP contribution in [-0.2, 0) is 35.6 Å². The van der Waals surface area contributed by atoms with Crippen LogP contribution < -0.4 is 24.8 Å². The van der Waals surface area contributed by atoms with E-state index >= 15 is 0 Å². The first-order chi connectivity index (χ1) is 17.8. The predicted molar refractivity (Wildman–Crippen MR) is 150 cm³/mol. The van der Waals surface area contributed by atoms with E-state index in [9.17, 15) is 0 Å². The van der Waals surface area contributed by atoms with E-state index < -0.39 is 22.8 Å². The van der Waals surface area contributed by atoms with Crippen LogP contribution in [0.1, 0.15) is 62.8 Å². The van der Waals surface area contributed by atoms with Crippen LogP contribution in [0.25, 0.3) is 16.7 Å². The van der Waals surface area contributed by atoms with Crippen LogP contribution in [0.15, 0.2) is 109 Å². The Hall–Kier alpha value is -2.31. The molecule has 0 heterocycles. The molecule has 3 heteroatoms. The van der Waals surface area contributed by atoms with E-state index in [1.807, 2.05) is 0 Å². The number of fused-ring (bicyclic) bond motifs is 3. The largest absolute Gasteiger partial charge is 1.00 e. The van der Waals surface area contributed by atoms with E-state index in [2.05, 4.69) is 123 Å². The molecule has 0 aliphatic heterocycles. The molecule has 0 fully saturated rings. The third-order valence-corrected chi connectivity index (χ3v) is 12.0. The molecule has 0 N–H and O–H groups in total. The van der Waals surface area contributed by atoms with Crippen molar-refractivity contribution in [2.24, 2.45) is 0 Å². The summed E-state index contributed by atoms with van der Waals surface area (Å²) >= 11 is -1.12. The standard InChI is InChI=1S/C22H21.C13H10.2ClH.Zr/c1-3-15-13-20-19-12-8-7-11-17(19)14-21(20)22(18(15)4-2)16-9-5-6-10-16;1-3-7-12(8-4-1)11-13-9-5-2-6-10-13;;;/h5-9,11-14H,3-4,10H2,1-2H3;1-10H;2*1H;/q;;;;+2/p-2. The number of allylic oxidation sites excluding steroid dienone is 4. The zero-order chi connectivity index (χ0) is 24.5. The van der Waals surface area contributed by atoms with Gasteiger partial charge in [-0.05, 0) is 0 Å². The van der Waals surface area contributed by atoms with Gasteiger partial charge in [0.05, 0.1) is 0 Å². The minimum atomic E-state index is -1.12. The van der Waals surface area contributed by atoms with Gasteiger partial charge in [-0.2, -0.15) is 0 Å². The number of hydrogen-bond acceptors (Lipinski definition) is 0. The van der Waals surface area contributed by atoms with Gasteiger partial charge in [0.15, 0.2) is 0 Å². The molecule has 0 aromatic heterocycles. The second-order valence-electron chi connectivity index (χ2n) is 9.65. The molecule has 4 aromatic rings. The van der Waals surface area contributed by atoms with E-state index in [1.165, 1.54) is 33.4 Å². The summed E-state index contributed by atoms with van der Waals surface area (Å²) in [6, 6.07) is 34.1. The molecule has 0 radical (unpaired) electrons. The molecule has 0 amide bonds. The molecular weight excluding hydrogens is 583 g/mol. The van der Waals surface area contributed by atoms with Gasteiger partial charge in [-0.15, -0.1) is 0 Å². The van der Waals surface area contributed by atoms with Gasteiger partial charge in [0.1, 0.15) is 0 Å². The SMILES string of the molecule is CCc1cc2c(c(C3=CC=CC3)c1CC)[CH]([Zr+2]=[C](c1ccccc1)c1ccccc1)c1ccccc1-2.[Cl-].[Cl-]. The topological polar surface area (TPSA) is 0 Å². The molecule has 0 saturated heterocycles. The zero-order valence-electron chi connectivity index (χ0n) is 21.8. The Labute approximate surface area is 250 Å². The van der Waals surface area contributed by atoms with Gasteiger partial charge in [0.2, 0.25) is 0 Å². The minimum absolute atomic E-state index is 0. The Morgan fingerprint density at radius 1 is 0.763 bits per heavy atom. The molecule has 0 spiro atoms. The first-order valence-corrected chi connectivity index (χ1v) is 15.8. The van der Waals surface area contributed by atoms with Crippen LogP contribution in [0.5, 0.6) is 0 Å². The number of hydrogen-bond donors (Lipinski definition) is 0. The van der Waals surface area contributed by atoms with Crippen molar-refractivity contribution in [2.45, 2.75) is 36.7 Å². The molecule has 0 bridgehead atoms. The summed E-state index contributed by atoms with van der Waals surface area (Å²) in [7, 11) is 0. The maximum atomic E-state index is 2.55. The summed E-state index contributed by atoms with van der Waals surface area (Å²) in [6.07, 6.45) is 10.2. The summed E-state index contributed by atoms with van der Waals surface area (Å²) in [6.45, 7) is 4.66. The monoisotopic (exact) mass is 611 g/mol. The summed E-state index contributed by atoms with van der Waals surface area (Å²) in [5.41, 5.74) is 15.1. The first-order valence-electron chi connectivity index (χ1n) is 13.2. The van der Waals surface area contributed by atoms with Gasteiger partial charge in [0.25, 0.3) is 0 Å². The zero-order valence-corrected chi connectivity index (χ0v) is 25.8. The molecule has 0 saturated carbocycles. The van der Waals surface area contributed by atoms with E-state index in [0.717, 1.165) is 19.3 Å². The van der Waals surface area contributed by atoms with Crippen LogP contribution >= 0.6 is 0 Å². The average Bonchev–Trinajstić information content (AvgIpc) is 3.58. The van der Waals surface area contributed by atoms with Crippen molar-refractivity contribution >= 4 is 8.78 Å². The fourth-order valence-electron chi connectivity index (χ4n) is 6.03. The van der Waals surface area contributed by atoms with Gasteiger partial charge in [-0.3, -0.25) is 0 Å². The smallest absolute Gasteiger partial charge is 1.00 e. The quantitative estimate of drug-likeness (QED) is 0.314. The maximum Gasteiger partial charge on any atom is -1.00 e. The van der Waals surface area contributed by atoms with Crippen LogP contribution in [-0.4, -0.2) is 3.21 Å². The third kappa shape index (κ3) is 5.14. The summed E-state index contributed by atoms with van der Waals surface area (Å²) < 4.78 is 2.09. The third-order valence-electron chi connectivity index (χ3n) is 7.66. The number of aryl methyl sites for hydroxylation is 1. The molecule has 189 valence electrons. The Morgan fingerprint density at radius 3 is 1.97 bits per heavy atom. The van der Waals surface area contributed by atoms with E-state index in [1.54, 1.807) is 25.5 Å². The number of rotatable bonds is 6. The predicted octanol–water partition coefficient (Wildman–Crippen LogP) is 2.58. The van der Waals surface area contributed by atoms with Crippen LogP contribution in [0.2, 0.25) is 0 Å². The second-order valence-corrected chi connectivity index (χ2v) is 13.0. The van der Waals surface area contributed by atoms with E-state index in [4.69, 9.17) is 0 Å². The van der Waals surface area contributed by atoms with Gasteiger partial charge in [-0.25, -0.2) is 0 Å². The Bertz CT molecular complexity index is 1470. The van der Waals surface area contributed by atoms with Crippen molar-refractivity contribution in [3.8, 4) is 11.1 Å². The number of halogens is 2. The molecule has 4 aromatic carbocycles. The molecule has 2 aliphatic carbocycles. The van der Waals surface area contributed by atoms with Crippen molar-refractivity contribution in [1.29, 1.82) is 0 Å². The normalized spacial score (nSPS) is 14.5. The van der Waals surface area contributed by atoms with Crippen molar-refractivity contribution in [2.75, 3.05) is 0 Å². The van der Waals surface area contributed by atoms with Gasteiger partial charge >= 0.3 is 228 Å². The van der Waals surface area contributed by atoms with Crippen LogP contribution in [0.4, 0.5) is 0 Å². The van der Waals surface area contributed by atoms with E-state index in [-0.39, 0.29) is 24.8 Å². The summed E-state index contributed by atoms with van der Waals surface area (Å²) in [4.78, 5) is 0. The first kappa shape index (κ1) is 28.7. The summed E-state index contributed by atoms with van der Waals surface area (Å²) in [5.74, 6) is 0. The molecule has 1 unspecified atom stereocenters. The summed E-state index contributed by atoms with van der Waals surface area (Å²) in [5, 5.41) is 0. The van der Waals surface area contributed by atoms with Gasteiger partial charge in [-0.1, -0.05) is 0 Å². The Kier molecular flexibility index (Phi) is 9.59. The minimum Gasteiger partial charge on any atom is -1.00 e. The van der Waals surface area contributed by atoms with Gasteiger partial charge < -0.3 is 24.8 Å². The van der Waals surface area contributed by atoms with E-state index in [0.29, 0.717) is 3.63 Å². The Balaban J connectivity index is 0.00000168. The molecule has 6 rings (SSSR count). The second kappa shape index (κ2) is 12.7. The molecule has 2 aliphatic rings. The van der Waals surface area contributed by atoms with Gasteiger partial charge in [0, 0.05) is 0 Å². The van der Waals surface area contributed by atoms with Crippen LogP contribution in [0.3, 0.4) is 0 Å². The fourth-order valence-corrected chi connectivity index (χ4v) is 10.5. The van der Waals surface area contributed by atoms with Crippen molar-refractivity contribution < 1.29 is 47.6 Å². The van der Waals surface area contributed by atoms with Crippen molar-refractivity contribution in [3.05, 3.63) is 148 Å². The van der Waals surface area contributed by atoms with Crippen LogP contribution in [0, 0.1) is 0 Å². The fraction of sp³-hybridized carbons (Fsp3) is 0.171.